The lowest BCUT2D eigenvalue weighted by Crippen LogP contribution is -2.53. The zero-order valence-electron chi connectivity index (χ0n) is 22.7. The molecular weight excluding hydrogens is 462 g/mol. The van der Waals surface area contributed by atoms with Gasteiger partial charge in [0, 0.05) is 19.4 Å². The molecule has 202 valence electrons. The number of aliphatic hydroxyl groups is 1. The predicted octanol–water partition coefficient (Wildman–Crippen LogP) is 3.38. The Morgan fingerprint density at radius 1 is 1.22 bits per heavy atom. The molecule has 0 bridgehead atoms. The highest BCUT2D eigenvalue weighted by Gasteiger charge is 2.60. The topological polar surface area (TPSA) is 107 Å². The summed E-state index contributed by atoms with van der Waals surface area (Å²) in [6, 6.07) is -0.0901. The van der Waals surface area contributed by atoms with Crippen molar-refractivity contribution in [2.45, 2.75) is 115 Å². The number of hydrogen-bond acceptors (Lipinski definition) is 7. The summed E-state index contributed by atoms with van der Waals surface area (Å²) in [5, 5.41) is 13.7. The first kappa shape index (κ1) is 28.6. The Morgan fingerprint density at radius 2 is 1.92 bits per heavy atom. The number of epoxide rings is 1. The standard InChI is InChI=1S/C28H43NO7/c1-17(9-12-24-26(32)28(16-33-28)15-27(6,7)36-24)8-11-23-18(2)14-22(20(4)35-23)29-25(31)13-10-19(3)34-21(5)30/h8-10,12-13,18-20,22-24,26,32H,11,14-16H2,1-7H3,(H,29,31)/b12-9+,13-10-,17-8+/t18?,19-,20?,22+,23-,24?,26-,28-/m0/s1. The van der Waals surface area contributed by atoms with E-state index in [1.807, 2.05) is 39.8 Å². The van der Waals surface area contributed by atoms with Crippen LogP contribution < -0.4 is 5.32 Å². The van der Waals surface area contributed by atoms with Crippen LogP contribution in [0.3, 0.4) is 0 Å². The molecule has 0 aromatic carbocycles. The molecule has 3 unspecified atom stereocenters. The lowest BCUT2D eigenvalue weighted by atomic mass is 9.83. The normalized spacial score (nSPS) is 37.3. The average molecular weight is 506 g/mol. The maximum absolute atomic E-state index is 12.3. The summed E-state index contributed by atoms with van der Waals surface area (Å²) < 4.78 is 23.0. The van der Waals surface area contributed by atoms with E-state index in [0.29, 0.717) is 13.0 Å². The second kappa shape index (κ2) is 11.6. The van der Waals surface area contributed by atoms with E-state index in [0.717, 1.165) is 18.4 Å². The Bertz CT molecular complexity index is 888. The quantitative estimate of drug-likeness (QED) is 0.225. The monoisotopic (exact) mass is 505 g/mol. The van der Waals surface area contributed by atoms with E-state index in [-0.39, 0.29) is 41.6 Å². The van der Waals surface area contributed by atoms with Crippen molar-refractivity contribution in [3.8, 4) is 0 Å². The van der Waals surface area contributed by atoms with Gasteiger partial charge in [0.05, 0.1) is 30.5 Å². The van der Waals surface area contributed by atoms with Crippen LogP contribution in [0.25, 0.3) is 0 Å². The summed E-state index contributed by atoms with van der Waals surface area (Å²) in [6.45, 7) is 13.8. The molecule has 3 heterocycles. The van der Waals surface area contributed by atoms with Crippen LogP contribution in [0.15, 0.2) is 36.0 Å². The molecule has 0 aromatic heterocycles. The Labute approximate surface area is 215 Å². The van der Waals surface area contributed by atoms with Crippen molar-refractivity contribution in [3.05, 3.63) is 36.0 Å². The van der Waals surface area contributed by atoms with E-state index in [1.54, 1.807) is 13.0 Å². The van der Waals surface area contributed by atoms with Crippen molar-refractivity contribution >= 4 is 11.9 Å². The van der Waals surface area contributed by atoms with Crippen molar-refractivity contribution < 1.29 is 33.6 Å². The van der Waals surface area contributed by atoms with Gasteiger partial charge < -0.3 is 29.4 Å². The third kappa shape index (κ3) is 7.75. The van der Waals surface area contributed by atoms with Gasteiger partial charge in [-0.2, -0.15) is 0 Å². The van der Waals surface area contributed by atoms with Crippen LogP contribution in [0.2, 0.25) is 0 Å². The third-order valence-electron chi connectivity index (χ3n) is 7.18. The zero-order valence-corrected chi connectivity index (χ0v) is 22.7. The molecular formula is C28H43NO7. The number of carbonyl (C=O) groups is 2. The Hall–Kier alpha value is -2.00. The summed E-state index contributed by atoms with van der Waals surface area (Å²) >= 11 is 0. The molecule has 8 heteroatoms. The zero-order chi connectivity index (χ0) is 26.7. The van der Waals surface area contributed by atoms with Crippen molar-refractivity contribution in [1.29, 1.82) is 0 Å². The summed E-state index contributed by atoms with van der Waals surface area (Å²) in [6.07, 6.45) is 9.71. The van der Waals surface area contributed by atoms with Gasteiger partial charge in [0.1, 0.15) is 23.9 Å². The second-order valence-corrected chi connectivity index (χ2v) is 11.2. The SMILES string of the molecule is CC(=O)O[C@@H](C)/C=C\C(=O)N[C@@H]1CC(C)[C@H](C/C=C(C)/C=C/C2OC(C)(C)C[C@]3(CO3)[C@H]2O)OC1C. The first-order valence-corrected chi connectivity index (χ1v) is 13.0. The van der Waals surface area contributed by atoms with Crippen LogP contribution in [-0.4, -0.2) is 71.4 Å². The summed E-state index contributed by atoms with van der Waals surface area (Å²) in [5.74, 6) is -0.346. The Balaban J connectivity index is 1.49. The second-order valence-electron chi connectivity index (χ2n) is 11.2. The van der Waals surface area contributed by atoms with Gasteiger partial charge in [-0.15, -0.1) is 0 Å². The van der Waals surface area contributed by atoms with Crippen molar-refractivity contribution in [2.75, 3.05) is 6.61 Å². The van der Waals surface area contributed by atoms with E-state index in [4.69, 9.17) is 18.9 Å². The van der Waals surface area contributed by atoms with Crippen LogP contribution in [-0.2, 0) is 28.5 Å². The summed E-state index contributed by atoms with van der Waals surface area (Å²) in [5.41, 5.74) is 0.274. The van der Waals surface area contributed by atoms with E-state index in [1.165, 1.54) is 13.0 Å². The smallest absolute Gasteiger partial charge is 0.303 e. The number of amides is 1. The first-order valence-electron chi connectivity index (χ1n) is 13.0. The molecule has 8 atom stereocenters. The maximum Gasteiger partial charge on any atom is 0.303 e. The number of nitrogens with one attached hydrogen (secondary N) is 1. The van der Waals surface area contributed by atoms with Gasteiger partial charge in [-0.25, -0.2) is 0 Å². The summed E-state index contributed by atoms with van der Waals surface area (Å²) in [7, 11) is 0. The number of ether oxygens (including phenoxy) is 4. The minimum atomic E-state index is -0.663. The number of esters is 1. The summed E-state index contributed by atoms with van der Waals surface area (Å²) in [4.78, 5) is 23.3. The van der Waals surface area contributed by atoms with Gasteiger partial charge in [0.25, 0.3) is 0 Å². The van der Waals surface area contributed by atoms with Crippen LogP contribution in [0.4, 0.5) is 0 Å². The van der Waals surface area contributed by atoms with Gasteiger partial charge in [0.2, 0.25) is 5.91 Å². The molecule has 2 N–H and O–H groups in total. The first-order chi connectivity index (χ1) is 16.8. The molecule has 3 aliphatic heterocycles. The van der Waals surface area contributed by atoms with Crippen molar-refractivity contribution in [3.63, 3.8) is 0 Å². The molecule has 3 saturated heterocycles. The number of carbonyl (C=O) groups excluding carboxylic acids is 2. The van der Waals surface area contributed by atoms with Crippen molar-refractivity contribution in [2.24, 2.45) is 5.92 Å². The molecule has 3 rings (SSSR count). The highest BCUT2D eigenvalue weighted by molar-refractivity contribution is 5.87. The number of aliphatic hydroxyl groups excluding tert-OH is 1. The number of hydrogen-bond donors (Lipinski definition) is 2. The van der Waals surface area contributed by atoms with E-state index < -0.39 is 23.9 Å². The molecule has 8 nitrogen and oxygen atoms in total. The van der Waals surface area contributed by atoms with Crippen LogP contribution in [0, 0.1) is 5.92 Å². The molecule has 1 amide bonds. The van der Waals surface area contributed by atoms with Crippen LogP contribution >= 0.6 is 0 Å². The van der Waals surface area contributed by atoms with E-state index in [9.17, 15) is 14.7 Å². The highest BCUT2D eigenvalue weighted by Crippen LogP contribution is 2.46. The fourth-order valence-corrected chi connectivity index (χ4v) is 5.19. The Morgan fingerprint density at radius 3 is 2.56 bits per heavy atom. The van der Waals surface area contributed by atoms with Gasteiger partial charge in [-0.3, -0.25) is 9.59 Å². The third-order valence-corrected chi connectivity index (χ3v) is 7.18. The average Bonchev–Trinajstić information content (AvgIpc) is 3.54. The number of allylic oxidation sites excluding steroid dienone is 2. The molecule has 0 saturated carbocycles. The number of rotatable bonds is 8. The molecule has 0 radical (unpaired) electrons. The molecule has 0 aromatic rings. The minimum Gasteiger partial charge on any atom is -0.459 e. The lowest BCUT2D eigenvalue weighted by Gasteiger charge is -2.41. The molecule has 36 heavy (non-hydrogen) atoms. The van der Waals surface area contributed by atoms with Gasteiger partial charge in [-0.05, 0) is 59.5 Å². The molecule has 0 aliphatic carbocycles. The largest absolute Gasteiger partial charge is 0.459 e. The maximum atomic E-state index is 12.3. The van der Waals surface area contributed by atoms with Gasteiger partial charge >= 0.3 is 5.97 Å². The molecule has 3 fully saturated rings. The predicted molar refractivity (Wildman–Crippen MR) is 136 cm³/mol. The molecule has 1 spiro atoms. The van der Waals surface area contributed by atoms with Gasteiger partial charge in [0.15, 0.2) is 0 Å². The molecule has 3 aliphatic rings. The van der Waals surface area contributed by atoms with Gasteiger partial charge in [-0.1, -0.05) is 30.7 Å². The Kier molecular flexibility index (Phi) is 9.20. The highest BCUT2D eigenvalue weighted by atomic mass is 16.6. The lowest BCUT2D eigenvalue weighted by molar-refractivity contribution is -0.171. The fraction of sp³-hybridized carbons (Fsp3) is 0.714. The van der Waals surface area contributed by atoms with Crippen molar-refractivity contribution in [1.82, 2.24) is 5.32 Å². The minimum absolute atomic E-state index is 0.0506. The van der Waals surface area contributed by atoms with E-state index in [2.05, 4.69) is 18.3 Å². The van der Waals surface area contributed by atoms with Crippen LogP contribution in [0.1, 0.15) is 67.7 Å². The fourth-order valence-electron chi connectivity index (χ4n) is 5.19. The van der Waals surface area contributed by atoms with Crippen LogP contribution in [0.5, 0.6) is 0 Å². The van der Waals surface area contributed by atoms with E-state index >= 15 is 0 Å².